The van der Waals surface area contributed by atoms with Crippen LogP contribution in [-0.2, 0) is 6.54 Å². The number of hydrogen-bond donors (Lipinski definition) is 1. The summed E-state index contributed by atoms with van der Waals surface area (Å²) in [6, 6.07) is 8.16. The molecular weight excluding hydrogens is 301 g/mol. The van der Waals surface area contributed by atoms with Crippen molar-refractivity contribution in [1.82, 2.24) is 5.32 Å². The molecular formula is C18H23Cl2N. The minimum atomic E-state index is 0.131. The van der Waals surface area contributed by atoms with Crippen molar-refractivity contribution in [2.24, 2.45) is 17.3 Å². The zero-order valence-electron chi connectivity index (χ0n) is 12.4. The summed E-state index contributed by atoms with van der Waals surface area (Å²) in [5.74, 6) is 1.78. The van der Waals surface area contributed by atoms with E-state index < -0.39 is 0 Å². The van der Waals surface area contributed by atoms with Crippen molar-refractivity contribution in [2.75, 3.05) is 6.54 Å². The second-order valence-corrected chi connectivity index (χ2v) is 9.08. The Hall–Kier alpha value is -0.240. The fourth-order valence-corrected chi connectivity index (χ4v) is 6.46. The van der Waals surface area contributed by atoms with Crippen molar-refractivity contribution < 1.29 is 0 Å². The van der Waals surface area contributed by atoms with E-state index in [2.05, 4.69) is 17.4 Å². The third-order valence-electron chi connectivity index (χ3n) is 5.85. The summed E-state index contributed by atoms with van der Waals surface area (Å²) in [5.41, 5.74) is 1.78. The molecule has 1 nitrogen and oxygen atoms in total. The molecule has 1 aromatic rings. The van der Waals surface area contributed by atoms with Gasteiger partial charge in [0.2, 0.25) is 0 Å². The Morgan fingerprint density at radius 3 is 2.33 bits per heavy atom. The van der Waals surface area contributed by atoms with E-state index in [1.807, 2.05) is 12.1 Å². The van der Waals surface area contributed by atoms with Crippen molar-refractivity contribution in [3.05, 3.63) is 34.9 Å². The maximum Gasteiger partial charge on any atom is 0.0457 e. The van der Waals surface area contributed by atoms with Crippen LogP contribution in [0.5, 0.6) is 0 Å². The van der Waals surface area contributed by atoms with Gasteiger partial charge in [-0.25, -0.2) is 0 Å². The van der Waals surface area contributed by atoms with Gasteiger partial charge in [-0.3, -0.25) is 0 Å². The lowest BCUT2D eigenvalue weighted by molar-refractivity contribution is -0.0389. The molecule has 1 N–H and O–H groups in total. The molecule has 3 heteroatoms. The van der Waals surface area contributed by atoms with E-state index in [0.29, 0.717) is 5.41 Å². The van der Waals surface area contributed by atoms with Crippen LogP contribution in [0, 0.1) is 17.3 Å². The highest BCUT2D eigenvalue weighted by Gasteiger charge is 2.56. The summed E-state index contributed by atoms with van der Waals surface area (Å²) >= 11 is 12.8. The molecule has 4 aliphatic rings. The van der Waals surface area contributed by atoms with Crippen LogP contribution in [0.2, 0.25) is 5.02 Å². The van der Waals surface area contributed by atoms with Crippen molar-refractivity contribution in [3.8, 4) is 0 Å². The highest BCUT2D eigenvalue weighted by Crippen LogP contribution is 2.63. The highest BCUT2D eigenvalue weighted by atomic mass is 35.5. The first-order valence-electron chi connectivity index (χ1n) is 8.18. The highest BCUT2D eigenvalue weighted by molar-refractivity contribution is 6.30. The molecule has 0 radical (unpaired) electrons. The molecule has 2 unspecified atom stereocenters. The van der Waals surface area contributed by atoms with E-state index in [1.54, 1.807) is 0 Å². The van der Waals surface area contributed by atoms with Gasteiger partial charge in [0.05, 0.1) is 0 Å². The van der Waals surface area contributed by atoms with Crippen LogP contribution in [0.15, 0.2) is 24.3 Å². The van der Waals surface area contributed by atoms with Gasteiger partial charge in [0.1, 0.15) is 0 Å². The zero-order chi connectivity index (χ0) is 14.5. The van der Waals surface area contributed by atoms with E-state index in [9.17, 15) is 0 Å². The average molecular weight is 324 g/mol. The monoisotopic (exact) mass is 323 g/mol. The predicted octanol–water partition coefficient (Wildman–Crippen LogP) is 5.01. The normalized spacial score (nSPS) is 40.7. The van der Waals surface area contributed by atoms with Crippen LogP contribution >= 0.6 is 23.2 Å². The fourth-order valence-electron chi connectivity index (χ4n) is 5.62. The molecule has 0 saturated heterocycles. The Bertz CT molecular complexity index is 511. The van der Waals surface area contributed by atoms with E-state index in [0.717, 1.165) is 29.9 Å². The Balaban J connectivity index is 1.39. The molecule has 4 fully saturated rings. The number of alkyl halides is 1. The maximum atomic E-state index is 6.89. The van der Waals surface area contributed by atoms with Gasteiger partial charge in [0, 0.05) is 23.0 Å². The standard InChI is InChI=1S/C18H23Cl2N/c19-16-3-1-13(2-4-16)10-21-12-17-6-14-5-15(7-17)9-18(20,8-14)11-17/h1-4,14-15,21H,5-12H2/t14-,15+,17?,18?. The Labute approximate surface area is 137 Å². The van der Waals surface area contributed by atoms with Gasteiger partial charge >= 0.3 is 0 Å². The minimum absolute atomic E-state index is 0.131. The van der Waals surface area contributed by atoms with Crippen LogP contribution in [0.3, 0.4) is 0 Å². The molecule has 21 heavy (non-hydrogen) atoms. The van der Waals surface area contributed by atoms with Gasteiger partial charge in [0.25, 0.3) is 0 Å². The maximum absolute atomic E-state index is 6.89. The first-order chi connectivity index (χ1) is 10.0. The SMILES string of the molecule is Clc1ccc(CNCC23C[C@@H]4C[C@@H](CC(Cl)(C4)C2)C3)cc1. The topological polar surface area (TPSA) is 12.0 Å². The molecule has 0 heterocycles. The van der Waals surface area contributed by atoms with Crippen LogP contribution in [0.1, 0.15) is 44.1 Å². The van der Waals surface area contributed by atoms with Gasteiger partial charge < -0.3 is 5.32 Å². The second-order valence-electron chi connectivity index (χ2n) is 7.84. The lowest BCUT2D eigenvalue weighted by Gasteiger charge is -2.60. The third-order valence-corrected chi connectivity index (χ3v) is 6.55. The van der Waals surface area contributed by atoms with Crippen LogP contribution in [0.4, 0.5) is 0 Å². The van der Waals surface area contributed by atoms with Gasteiger partial charge in [0.15, 0.2) is 0 Å². The number of halogens is 2. The lowest BCUT2D eigenvalue weighted by Crippen LogP contribution is -2.56. The Morgan fingerprint density at radius 1 is 1.05 bits per heavy atom. The molecule has 0 aliphatic heterocycles. The van der Waals surface area contributed by atoms with Crippen LogP contribution in [0.25, 0.3) is 0 Å². The second kappa shape index (κ2) is 5.15. The first kappa shape index (κ1) is 14.4. The fraction of sp³-hybridized carbons (Fsp3) is 0.667. The molecule has 4 saturated carbocycles. The quantitative estimate of drug-likeness (QED) is 0.768. The van der Waals surface area contributed by atoms with Gasteiger partial charge in [-0.1, -0.05) is 23.7 Å². The molecule has 4 bridgehead atoms. The minimum Gasteiger partial charge on any atom is -0.312 e. The van der Waals surface area contributed by atoms with E-state index in [1.165, 1.54) is 44.1 Å². The predicted molar refractivity (Wildman–Crippen MR) is 88.9 cm³/mol. The molecule has 0 spiro atoms. The molecule has 1 aromatic carbocycles. The molecule has 4 aliphatic carbocycles. The summed E-state index contributed by atoms with van der Waals surface area (Å²) in [7, 11) is 0. The smallest absolute Gasteiger partial charge is 0.0457 e. The molecule has 0 amide bonds. The molecule has 114 valence electrons. The Morgan fingerprint density at radius 2 is 1.71 bits per heavy atom. The third kappa shape index (κ3) is 2.85. The van der Waals surface area contributed by atoms with E-state index in [-0.39, 0.29) is 4.87 Å². The summed E-state index contributed by atoms with van der Waals surface area (Å²) in [4.78, 5) is 0.131. The molecule has 5 rings (SSSR count). The number of benzene rings is 1. The van der Waals surface area contributed by atoms with Crippen LogP contribution < -0.4 is 5.32 Å². The number of rotatable bonds is 4. The van der Waals surface area contributed by atoms with Crippen molar-refractivity contribution in [3.63, 3.8) is 0 Å². The lowest BCUT2D eigenvalue weighted by atomic mass is 9.49. The van der Waals surface area contributed by atoms with Crippen molar-refractivity contribution in [2.45, 2.75) is 49.9 Å². The average Bonchev–Trinajstić information content (AvgIpc) is 2.38. The van der Waals surface area contributed by atoms with Crippen molar-refractivity contribution >= 4 is 23.2 Å². The van der Waals surface area contributed by atoms with E-state index in [4.69, 9.17) is 23.2 Å². The number of nitrogens with one attached hydrogen (secondary N) is 1. The molecule has 4 atom stereocenters. The largest absolute Gasteiger partial charge is 0.312 e. The number of hydrogen-bond acceptors (Lipinski definition) is 1. The first-order valence-corrected chi connectivity index (χ1v) is 8.94. The Kier molecular flexibility index (Phi) is 3.52. The van der Waals surface area contributed by atoms with Crippen molar-refractivity contribution in [1.29, 1.82) is 0 Å². The van der Waals surface area contributed by atoms with E-state index >= 15 is 0 Å². The molecule has 0 aromatic heterocycles. The zero-order valence-corrected chi connectivity index (χ0v) is 13.9. The van der Waals surface area contributed by atoms with Gasteiger partial charge in [-0.15, -0.1) is 11.6 Å². The van der Waals surface area contributed by atoms with Gasteiger partial charge in [-0.05, 0) is 73.5 Å². The van der Waals surface area contributed by atoms with Crippen LogP contribution in [-0.4, -0.2) is 11.4 Å². The summed E-state index contributed by atoms with van der Waals surface area (Å²) < 4.78 is 0. The van der Waals surface area contributed by atoms with Gasteiger partial charge in [-0.2, -0.15) is 0 Å². The summed E-state index contributed by atoms with van der Waals surface area (Å²) in [6.45, 7) is 2.06. The summed E-state index contributed by atoms with van der Waals surface area (Å²) in [5, 5.41) is 4.50. The summed E-state index contributed by atoms with van der Waals surface area (Å²) in [6.07, 6.45) is 7.99.